The van der Waals surface area contributed by atoms with Crippen LogP contribution >= 0.6 is 0 Å². The number of hydrogen-bond acceptors (Lipinski definition) is 3. The van der Waals surface area contributed by atoms with Crippen molar-refractivity contribution in [2.24, 2.45) is 5.92 Å². The largest absolute Gasteiger partial charge is 0.375 e. The summed E-state index contributed by atoms with van der Waals surface area (Å²) >= 11 is 0. The van der Waals surface area contributed by atoms with Crippen molar-refractivity contribution < 1.29 is 9.53 Å². The molecule has 1 N–H and O–H groups in total. The van der Waals surface area contributed by atoms with E-state index in [1.165, 1.54) is 0 Å². The molecule has 2 atom stereocenters. The van der Waals surface area contributed by atoms with Crippen LogP contribution in [0.5, 0.6) is 0 Å². The first-order valence-corrected chi connectivity index (χ1v) is 7.07. The van der Waals surface area contributed by atoms with Crippen molar-refractivity contribution in [2.75, 3.05) is 13.2 Å². The predicted octanol–water partition coefficient (Wildman–Crippen LogP) is 1.75. The Balaban J connectivity index is 2.06. The zero-order chi connectivity index (χ0) is 13.3. The summed E-state index contributed by atoms with van der Waals surface area (Å²) in [6, 6.07) is 0.333. The lowest BCUT2D eigenvalue weighted by Crippen LogP contribution is -2.51. The average Bonchev–Trinajstić information content (AvgIpc) is 2.57. The number of nitrogens with one attached hydrogen (secondary N) is 1. The van der Waals surface area contributed by atoms with Gasteiger partial charge in [0, 0.05) is 12.6 Å². The van der Waals surface area contributed by atoms with Crippen LogP contribution in [0.3, 0.4) is 0 Å². The van der Waals surface area contributed by atoms with Gasteiger partial charge in [-0.05, 0) is 39.0 Å². The summed E-state index contributed by atoms with van der Waals surface area (Å²) in [5.74, 6) is 0.854. The Bertz CT molecular complexity index is 315. The molecule has 2 aliphatic rings. The zero-order valence-electron chi connectivity index (χ0n) is 12.0. The van der Waals surface area contributed by atoms with E-state index < -0.39 is 0 Å². The molecule has 0 aromatic heterocycles. The molecule has 4 nitrogen and oxygen atoms in total. The van der Waals surface area contributed by atoms with Gasteiger partial charge in [-0.1, -0.05) is 13.8 Å². The fraction of sp³-hybridized carbons (Fsp3) is 0.929. The van der Waals surface area contributed by atoms with E-state index in [9.17, 15) is 4.79 Å². The van der Waals surface area contributed by atoms with Crippen molar-refractivity contribution in [1.82, 2.24) is 10.2 Å². The monoisotopic (exact) mass is 254 g/mol. The number of amides is 1. The summed E-state index contributed by atoms with van der Waals surface area (Å²) in [6.45, 7) is 9.90. The van der Waals surface area contributed by atoms with Crippen molar-refractivity contribution in [2.45, 2.75) is 64.8 Å². The number of ether oxygens (including phenoxy) is 1. The van der Waals surface area contributed by atoms with E-state index in [1.807, 2.05) is 0 Å². The van der Waals surface area contributed by atoms with Gasteiger partial charge in [0.1, 0.15) is 0 Å². The highest BCUT2D eigenvalue weighted by Gasteiger charge is 2.40. The number of nitrogens with zero attached hydrogens (tertiary/aromatic N) is 1. The molecule has 0 aliphatic carbocycles. The predicted molar refractivity (Wildman–Crippen MR) is 71.1 cm³/mol. The van der Waals surface area contributed by atoms with Crippen molar-refractivity contribution in [3.05, 3.63) is 0 Å². The van der Waals surface area contributed by atoms with Crippen LogP contribution < -0.4 is 5.32 Å². The number of hydrogen-bond donors (Lipinski definition) is 1. The summed E-state index contributed by atoms with van der Waals surface area (Å²) in [4.78, 5) is 14.2. The molecule has 104 valence electrons. The fourth-order valence-corrected chi connectivity index (χ4v) is 3.11. The van der Waals surface area contributed by atoms with Gasteiger partial charge in [-0.3, -0.25) is 10.1 Å². The molecule has 0 saturated carbocycles. The minimum absolute atomic E-state index is 0.103. The van der Waals surface area contributed by atoms with E-state index in [1.54, 1.807) is 0 Å². The lowest BCUT2D eigenvalue weighted by Gasteiger charge is -2.42. The van der Waals surface area contributed by atoms with Gasteiger partial charge in [-0.2, -0.15) is 0 Å². The quantitative estimate of drug-likeness (QED) is 0.834. The maximum absolute atomic E-state index is 12.1. The smallest absolute Gasteiger partial charge is 0.238 e. The summed E-state index contributed by atoms with van der Waals surface area (Å²) in [6.07, 6.45) is 3.15. The Morgan fingerprint density at radius 1 is 1.50 bits per heavy atom. The highest BCUT2D eigenvalue weighted by atomic mass is 16.5. The van der Waals surface area contributed by atoms with Crippen LogP contribution in [0.15, 0.2) is 0 Å². The van der Waals surface area contributed by atoms with Crippen molar-refractivity contribution in [3.8, 4) is 0 Å². The maximum Gasteiger partial charge on any atom is 0.238 e. The third-order valence-corrected chi connectivity index (χ3v) is 3.87. The molecule has 0 aromatic rings. The van der Waals surface area contributed by atoms with E-state index in [2.05, 4.69) is 37.9 Å². The third kappa shape index (κ3) is 3.04. The van der Waals surface area contributed by atoms with Crippen LogP contribution in [0, 0.1) is 5.92 Å². The second kappa shape index (κ2) is 5.17. The second-order valence-electron chi connectivity index (χ2n) is 6.58. The van der Waals surface area contributed by atoms with Gasteiger partial charge in [-0.25, -0.2) is 0 Å². The van der Waals surface area contributed by atoms with Crippen molar-refractivity contribution in [1.29, 1.82) is 0 Å². The highest BCUT2D eigenvalue weighted by Crippen LogP contribution is 2.30. The molecule has 18 heavy (non-hydrogen) atoms. The number of rotatable bonds is 3. The minimum atomic E-state index is -0.103. The van der Waals surface area contributed by atoms with E-state index in [-0.39, 0.29) is 17.7 Å². The Morgan fingerprint density at radius 2 is 2.22 bits per heavy atom. The Hall–Kier alpha value is -0.610. The van der Waals surface area contributed by atoms with Crippen LogP contribution in [0.4, 0.5) is 0 Å². The highest BCUT2D eigenvalue weighted by molar-refractivity contribution is 5.81. The molecule has 2 fully saturated rings. The molecule has 0 radical (unpaired) electrons. The summed E-state index contributed by atoms with van der Waals surface area (Å²) in [7, 11) is 0. The first-order chi connectivity index (χ1) is 8.39. The van der Waals surface area contributed by atoms with Crippen LogP contribution in [-0.2, 0) is 9.53 Å². The summed E-state index contributed by atoms with van der Waals surface area (Å²) < 4.78 is 5.75. The molecule has 0 aromatic carbocycles. The zero-order valence-corrected chi connectivity index (χ0v) is 12.0. The minimum Gasteiger partial charge on any atom is -0.375 e. The van der Waals surface area contributed by atoms with E-state index in [0.717, 1.165) is 25.9 Å². The summed E-state index contributed by atoms with van der Waals surface area (Å²) in [5, 5.41) is 3.35. The molecular formula is C14H26N2O2. The molecule has 4 heteroatoms. The molecule has 2 unspecified atom stereocenters. The van der Waals surface area contributed by atoms with Crippen molar-refractivity contribution >= 4 is 5.91 Å². The molecule has 0 bridgehead atoms. The lowest BCUT2D eigenvalue weighted by molar-refractivity contribution is -0.137. The summed E-state index contributed by atoms with van der Waals surface area (Å²) in [5.41, 5.74) is -0.103. The molecule has 2 saturated heterocycles. The van der Waals surface area contributed by atoms with Gasteiger partial charge in [0.05, 0.1) is 18.3 Å². The molecule has 2 aliphatic heterocycles. The topological polar surface area (TPSA) is 41.6 Å². The first-order valence-electron chi connectivity index (χ1n) is 7.07. The van der Waals surface area contributed by atoms with Crippen molar-refractivity contribution in [3.63, 3.8) is 0 Å². The second-order valence-corrected chi connectivity index (χ2v) is 6.58. The molecule has 1 amide bonds. The van der Waals surface area contributed by atoms with Crippen LogP contribution in [0.25, 0.3) is 0 Å². The van der Waals surface area contributed by atoms with Crippen LogP contribution in [0.2, 0.25) is 0 Å². The maximum atomic E-state index is 12.1. The SMILES string of the molecule is CC(C)CC1NCC(=O)N1C1CCOC(C)(C)C1. The Labute approximate surface area is 110 Å². The number of carbonyl (C=O) groups is 1. The van der Waals surface area contributed by atoms with E-state index in [0.29, 0.717) is 18.5 Å². The standard InChI is InChI=1S/C14H26N2O2/c1-10(2)7-12-15-9-13(17)16(12)11-5-6-18-14(3,4)8-11/h10-12,15H,5-9H2,1-4H3. The fourth-order valence-electron chi connectivity index (χ4n) is 3.11. The van der Waals surface area contributed by atoms with Gasteiger partial charge >= 0.3 is 0 Å². The normalized spacial score (nSPS) is 32.3. The molecule has 2 heterocycles. The van der Waals surface area contributed by atoms with Crippen LogP contribution in [-0.4, -0.2) is 41.8 Å². The van der Waals surface area contributed by atoms with Gasteiger partial charge in [0.15, 0.2) is 0 Å². The molecular weight excluding hydrogens is 228 g/mol. The van der Waals surface area contributed by atoms with Gasteiger partial charge in [0.2, 0.25) is 5.91 Å². The van der Waals surface area contributed by atoms with E-state index in [4.69, 9.17) is 4.74 Å². The molecule has 2 rings (SSSR count). The van der Waals surface area contributed by atoms with Gasteiger partial charge in [0.25, 0.3) is 0 Å². The first kappa shape index (κ1) is 13.8. The molecule has 0 spiro atoms. The van der Waals surface area contributed by atoms with E-state index >= 15 is 0 Å². The Morgan fingerprint density at radius 3 is 2.83 bits per heavy atom. The lowest BCUT2D eigenvalue weighted by atomic mass is 9.92. The third-order valence-electron chi connectivity index (χ3n) is 3.87. The van der Waals surface area contributed by atoms with Crippen LogP contribution in [0.1, 0.15) is 47.0 Å². The Kier molecular flexibility index (Phi) is 3.97. The van der Waals surface area contributed by atoms with Gasteiger partial charge < -0.3 is 9.64 Å². The average molecular weight is 254 g/mol. The number of carbonyl (C=O) groups excluding carboxylic acids is 1. The van der Waals surface area contributed by atoms with Gasteiger partial charge in [-0.15, -0.1) is 0 Å².